The van der Waals surface area contributed by atoms with Crippen molar-refractivity contribution in [3.05, 3.63) is 44.6 Å². The molecule has 2 rings (SSSR count). The Labute approximate surface area is 124 Å². The lowest BCUT2D eigenvalue weighted by Gasteiger charge is -2.08. The highest BCUT2D eigenvalue weighted by molar-refractivity contribution is 9.10. The molecule has 1 aromatic carbocycles. The molecular weight excluding hydrogens is 348 g/mol. The summed E-state index contributed by atoms with van der Waals surface area (Å²) >= 11 is 4.79. The van der Waals surface area contributed by atoms with E-state index in [4.69, 9.17) is 5.73 Å². The first-order chi connectivity index (χ1) is 8.88. The molecule has 7 heteroatoms. The van der Waals surface area contributed by atoms with E-state index in [0.29, 0.717) is 10.2 Å². The summed E-state index contributed by atoms with van der Waals surface area (Å²) in [4.78, 5) is 2.28. The Morgan fingerprint density at radius 2 is 2.05 bits per heavy atom. The molecule has 0 saturated carbocycles. The second kappa shape index (κ2) is 5.62. The van der Waals surface area contributed by atoms with Gasteiger partial charge in [0.2, 0.25) is 10.0 Å². The van der Waals surface area contributed by atoms with Gasteiger partial charge in [0, 0.05) is 26.5 Å². The average Bonchev–Trinajstić information content (AvgIpc) is 2.76. The SMILES string of the molecule is Cc1ccc(CNS(=O)(=O)c2cc(N)ccc2Br)s1. The Hall–Kier alpha value is -0.890. The van der Waals surface area contributed by atoms with Crippen molar-refractivity contribution >= 4 is 43.0 Å². The van der Waals surface area contributed by atoms with Gasteiger partial charge in [-0.15, -0.1) is 11.3 Å². The summed E-state index contributed by atoms with van der Waals surface area (Å²) in [5, 5.41) is 0. The van der Waals surface area contributed by atoms with E-state index in [-0.39, 0.29) is 11.4 Å². The van der Waals surface area contributed by atoms with Gasteiger partial charge >= 0.3 is 0 Å². The van der Waals surface area contributed by atoms with E-state index >= 15 is 0 Å². The number of anilines is 1. The molecule has 102 valence electrons. The highest BCUT2D eigenvalue weighted by atomic mass is 79.9. The van der Waals surface area contributed by atoms with Crippen molar-refractivity contribution in [1.82, 2.24) is 4.72 Å². The number of rotatable bonds is 4. The molecule has 0 fully saturated rings. The summed E-state index contributed by atoms with van der Waals surface area (Å²) in [6.45, 7) is 2.26. The van der Waals surface area contributed by atoms with Crippen LogP contribution in [0.15, 0.2) is 39.7 Å². The van der Waals surface area contributed by atoms with Crippen LogP contribution in [0.1, 0.15) is 9.75 Å². The van der Waals surface area contributed by atoms with Gasteiger partial charge in [0.1, 0.15) is 0 Å². The topological polar surface area (TPSA) is 72.2 Å². The van der Waals surface area contributed by atoms with Crippen LogP contribution in [0.2, 0.25) is 0 Å². The van der Waals surface area contributed by atoms with Gasteiger partial charge in [-0.05, 0) is 53.2 Å². The zero-order valence-corrected chi connectivity index (χ0v) is 13.4. The molecule has 1 aromatic heterocycles. The summed E-state index contributed by atoms with van der Waals surface area (Å²) in [6, 6.07) is 8.58. The van der Waals surface area contributed by atoms with E-state index in [2.05, 4.69) is 20.7 Å². The molecule has 0 spiro atoms. The predicted molar refractivity (Wildman–Crippen MR) is 81.6 cm³/mol. The number of hydrogen-bond acceptors (Lipinski definition) is 4. The van der Waals surface area contributed by atoms with E-state index < -0.39 is 10.0 Å². The van der Waals surface area contributed by atoms with Crippen molar-refractivity contribution in [3.63, 3.8) is 0 Å². The van der Waals surface area contributed by atoms with E-state index in [9.17, 15) is 8.42 Å². The quantitative estimate of drug-likeness (QED) is 0.823. The Morgan fingerprint density at radius 3 is 2.68 bits per heavy atom. The largest absolute Gasteiger partial charge is 0.399 e. The fraction of sp³-hybridized carbons (Fsp3) is 0.167. The van der Waals surface area contributed by atoms with Crippen molar-refractivity contribution in [2.75, 3.05) is 5.73 Å². The number of hydrogen-bond donors (Lipinski definition) is 2. The fourth-order valence-electron chi connectivity index (χ4n) is 1.55. The Morgan fingerprint density at radius 1 is 1.32 bits per heavy atom. The van der Waals surface area contributed by atoms with Gasteiger partial charge in [-0.25, -0.2) is 13.1 Å². The van der Waals surface area contributed by atoms with Crippen molar-refractivity contribution < 1.29 is 8.42 Å². The standard InChI is InChI=1S/C12H13BrN2O2S2/c1-8-2-4-10(18-8)7-15-19(16,17)12-6-9(14)3-5-11(12)13/h2-6,15H,7,14H2,1H3. The highest BCUT2D eigenvalue weighted by Crippen LogP contribution is 2.24. The van der Waals surface area contributed by atoms with Crippen LogP contribution in [0.5, 0.6) is 0 Å². The van der Waals surface area contributed by atoms with E-state index in [1.54, 1.807) is 23.5 Å². The molecule has 0 aliphatic rings. The van der Waals surface area contributed by atoms with E-state index in [1.165, 1.54) is 6.07 Å². The molecule has 0 aliphatic carbocycles. The van der Waals surface area contributed by atoms with Crippen molar-refractivity contribution in [3.8, 4) is 0 Å². The minimum absolute atomic E-state index is 0.153. The number of benzene rings is 1. The van der Waals surface area contributed by atoms with Crippen LogP contribution in [0.4, 0.5) is 5.69 Å². The molecule has 1 heterocycles. The van der Waals surface area contributed by atoms with E-state index in [0.717, 1.165) is 9.75 Å². The fourth-order valence-corrected chi connectivity index (χ4v) is 4.47. The second-order valence-electron chi connectivity index (χ2n) is 4.03. The molecule has 0 atom stereocenters. The Kier molecular flexibility index (Phi) is 4.29. The van der Waals surface area contributed by atoms with Gasteiger partial charge in [-0.3, -0.25) is 0 Å². The van der Waals surface area contributed by atoms with Crippen LogP contribution >= 0.6 is 27.3 Å². The molecule has 0 saturated heterocycles. The van der Waals surface area contributed by atoms with Gasteiger partial charge in [0.15, 0.2) is 0 Å². The van der Waals surface area contributed by atoms with E-state index in [1.807, 2.05) is 19.1 Å². The van der Waals surface area contributed by atoms with Gasteiger partial charge in [0.05, 0.1) is 4.90 Å². The van der Waals surface area contributed by atoms with Crippen molar-refractivity contribution in [2.24, 2.45) is 0 Å². The van der Waals surface area contributed by atoms with Crippen LogP contribution in [0.25, 0.3) is 0 Å². The van der Waals surface area contributed by atoms with Crippen LogP contribution in [0.3, 0.4) is 0 Å². The Balaban J connectivity index is 2.20. The lowest BCUT2D eigenvalue weighted by atomic mass is 10.3. The zero-order valence-electron chi connectivity index (χ0n) is 10.2. The molecule has 19 heavy (non-hydrogen) atoms. The number of nitrogens with one attached hydrogen (secondary N) is 1. The monoisotopic (exact) mass is 360 g/mol. The first-order valence-corrected chi connectivity index (χ1v) is 8.58. The molecular formula is C12H13BrN2O2S2. The van der Waals surface area contributed by atoms with Crippen LogP contribution < -0.4 is 10.5 Å². The normalized spacial score (nSPS) is 11.7. The average molecular weight is 361 g/mol. The predicted octanol–water partition coefficient (Wildman–Crippen LogP) is 2.88. The summed E-state index contributed by atoms with van der Waals surface area (Å²) in [5.74, 6) is 0. The first kappa shape index (κ1) is 14.5. The molecule has 2 aromatic rings. The summed E-state index contributed by atoms with van der Waals surface area (Å²) in [5.41, 5.74) is 6.04. The maximum atomic E-state index is 12.2. The smallest absolute Gasteiger partial charge is 0.242 e. The Bertz CT molecular complexity index is 696. The molecule has 0 bridgehead atoms. The minimum Gasteiger partial charge on any atom is -0.399 e. The van der Waals surface area contributed by atoms with Crippen molar-refractivity contribution in [2.45, 2.75) is 18.4 Å². The lowest BCUT2D eigenvalue weighted by Crippen LogP contribution is -2.23. The summed E-state index contributed by atoms with van der Waals surface area (Å²) in [6.07, 6.45) is 0. The number of nitrogen functional groups attached to an aromatic ring is 1. The van der Waals surface area contributed by atoms with Crippen LogP contribution in [-0.4, -0.2) is 8.42 Å². The number of halogens is 1. The van der Waals surface area contributed by atoms with Crippen LogP contribution in [0, 0.1) is 6.92 Å². The maximum absolute atomic E-state index is 12.2. The van der Waals surface area contributed by atoms with Gasteiger partial charge in [-0.1, -0.05) is 0 Å². The molecule has 0 amide bonds. The zero-order chi connectivity index (χ0) is 14.0. The molecule has 0 radical (unpaired) electrons. The number of aryl methyl sites for hydroxylation is 1. The highest BCUT2D eigenvalue weighted by Gasteiger charge is 2.17. The van der Waals surface area contributed by atoms with Gasteiger partial charge in [0.25, 0.3) is 0 Å². The lowest BCUT2D eigenvalue weighted by molar-refractivity contribution is 0.581. The summed E-state index contributed by atoms with van der Waals surface area (Å²) in [7, 11) is -3.57. The maximum Gasteiger partial charge on any atom is 0.242 e. The van der Waals surface area contributed by atoms with Gasteiger partial charge < -0.3 is 5.73 Å². The number of nitrogens with two attached hydrogens (primary N) is 1. The number of thiophene rings is 1. The van der Waals surface area contributed by atoms with Crippen LogP contribution in [-0.2, 0) is 16.6 Å². The third-order valence-corrected chi connectivity index (χ3v) is 5.87. The third-order valence-electron chi connectivity index (χ3n) is 2.48. The van der Waals surface area contributed by atoms with Crippen molar-refractivity contribution in [1.29, 1.82) is 0 Å². The molecule has 0 aliphatic heterocycles. The summed E-state index contributed by atoms with van der Waals surface area (Å²) < 4.78 is 27.5. The first-order valence-electron chi connectivity index (χ1n) is 5.48. The van der Waals surface area contributed by atoms with Gasteiger partial charge in [-0.2, -0.15) is 0 Å². The molecule has 0 unspecified atom stereocenters. The third kappa shape index (κ3) is 3.56. The minimum atomic E-state index is -3.57. The number of sulfonamides is 1. The second-order valence-corrected chi connectivity index (χ2v) is 7.99. The molecule has 3 N–H and O–H groups in total. The molecule has 4 nitrogen and oxygen atoms in total.